The summed E-state index contributed by atoms with van der Waals surface area (Å²) < 4.78 is 5.06. The van der Waals surface area contributed by atoms with Crippen molar-refractivity contribution in [3.63, 3.8) is 0 Å². The van der Waals surface area contributed by atoms with E-state index in [9.17, 15) is 9.59 Å². The lowest BCUT2D eigenvalue weighted by Gasteiger charge is -2.08. The molecule has 2 amide bonds. The summed E-state index contributed by atoms with van der Waals surface area (Å²) in [6.45, 7) is 0.383. The molecule has 3 aromatic rings. The Balaban J connectivity index is 1.39. The summed E-state index contributed by atoms with van der Waals surface area (Å²) in [5.74, 6) is -0.291. The van der Waals surface area contributed by atoms with E-state index in [2.05, 4.69) is 15.6 Å². The summed E-state index contributed by atoms with van der Waals surface area (Å²) in [6.07, 6.45) is 1.09. The van der Waals surface area contributed by atoms with Gasteiger partial charge in [-0.05, 0) is 34.7 Å². The summed E-state index contributed by atoms with van der Waals surface area (Å²) in [5.41, 5.74) is 2.70. The first-order valence-corrected chi connectivity index (χ1v) is 9.29. The molecule has 0 spiro atoms. The van der Waals surface area contributed by atoms with Crippen LogP contribution in [0.4, 0.5) is 4.79 Å². The molecule has 27 heavy (non-hydrogen) atoms. The second-order valence-electron chi connectivity index (χ2n) is 5.72. The SMILES string of the molecule is O=C(CNC(=O)OCc1ccccc1)NCc1ccnc(-c2cccs2)c1. The molecule has 2 aromatic heterocycles. The molecule has 1 aromatic carbocycles. The van der Waals surface area contributed by atoms with Gasteiger partial charge in [0, 0.05) is 12.7 Å². The number of benzene rings is 1. The number of rotatable bonds is 7. The molecule has 0 saturated carbocycles. The molecule has 6 nitrogen and oxygen atoms in total. The van der Waals surface area contributed by atoms with Crippen LogP contribution in [0.15, 0.2) is 66.2 Å². The van der Waals surface area contributed by atoms with Gasteiger partial charge in [0.2, 0.25) is 5.91 Å². The summed E-state index contributed by atoms with van der Waals surface area (Å²) in [5, 5.41) is 7.20. The van der Waals surface area contributed by atoms with Crippen LogP contribution in [0.2, 0.25) is 0 Å². The number of hydrogen-bond acceptors (Lipinski definition) is 5. The van der Waals surface area contributed by atoms with Crippen molar-refractivity contribution in [3.8, 4) is 10.6 Å². The molecular formula is C20H19N3O3S. The molecule has 138 valence electrons. The molecule has 0 aliphatic rings. The molecule has 7 heteroatoms. The molecule has 2 heterocycles. The van der Waals surface area contributed by atoms with Crippen LogP contribution in [0.5, 0.6) is 0 Å². The first-order chi connectivity index (χ1) is 13.2. The van der Waals surface area contributed by atoms with Crippen LogP contribution in [0.3, 0.4) is 0 Å². The average molecular weight is 381 g/mol. The maximum absolute atomic E-state index is 11.9. The number of ether oxygens (including phenoxy) is 1. The van der Waals surface area contributed by atoms with Crippen LogP contribution in [0.1, 0.15) is 11.1 Å². The molecular weight excluding hydrogens is 362 g/mol. The van der Waals surface area contributed by atoms with Gasteiger partial charge in [-0.1, -0.05) is 36.4 Å². The normalized spacial score (nSPS) is 10.2. The number of pyridine rings is 1. The van der Waals surface area contributed by atoms with Crippen LogP contribution in [-0.4, -0.2) is 23.5 Å². The van der Waals surface area contributed by atoms with Crippen molar-refractivity contribution in [1.29, 1.82) is 0 Å². The number of carbonyl (C=O) groups excluding carboxylic acids is 2. The van der Waals surface area contributed by atoms with E-state index in [0.29, 0.717) is 6.54 Å². The third-order valence-corrected chi connectivity index (χ3v) is 4.59. The maximum Gasteiger partial charge on any atom is 0.407 e. The van der Waals surface area contributed by atoms with E-state index >= 15 is 0 Å². The number of aromatic nitrogens is 1. The molecule has 0 bridgehead atoms. The van der Waals surface area contributed by atoms with Crippen LogP contribution in [0.25, 0.3) is 10.6 Å². The van der Waals surface area contributed by atoms with Crippen molar-refractivity contribution in [2.45, 2.75) is 13.2 Å². The van der Waals surface area contributed by atoms with Crippen molar-refractivity contribution < 1.29 is 14.3 Å². The van der Waals surface area contributed by atoms with Gasteiger partial charge in [-0.2, -0.15) is 0 Å². The Labute approximate surface area is 161 Å². The van der Waals surface area contributed by atoms with Gasteiger partial charge in [0.25, 0.3) is 0 Å². The zero-order valence-electron chi connectivity index (χ0n) is 14.6. The second-order valence-corrected chi connectivity index (χ2v) is 6.67. The Morgan fingerprint density at radius 3 is 2.63 bits per heavy atom. The minimum Gasteiger partial charge on any atom is -0.445 e. The number of thiophene rings is 1. The molecule has 2 N–H and O–H groups in total. The highest BCUT2D eigenvalue weighted by Crippen LogP contribution is 2.22. The largest absolute Gasteiger partial charge is 0.445 e. The number of carbonyl (C=O) groups is 2. The van der Waals surface area contributed by atoms with Crippen molar-refractivity contribution in [1.82, 2.24) is 15.6 Å². The summed E-state index contributed by atoms with van der Waals surface area (Å²) in [6, 6.07) is 17.1. The van der Waals surface area contributed by atoms with Gasteiger partial charge in [0.1, 0.15) is 13.2 Å². The molecule has 0 atom stereocenters. The van der Waals surface area contributed by atoms with Crippen LogP contribution in [0, 0.1) is 0 Å². The maximum atomic E-state index is 11.9. The summed E-state index contributed by atoms with van der Waals surface area (Å²) >= 11 is 1.61. The van der Waals surface area contributed by atoms with Crippen molar-refractivity contribution >= 4 is 23.3 Å². The van der Waals surface area contributed by atoms with Gasteiger partial charge in [0.05, 0.1) is 10.6 Å². The molecule has 0 unspecified atom stereocenters. The van der Waals surface area contributed by atoms with Gasteiger partial charge in [0.15, 0.2) is 0 Å². The highest BCUT2D eigenvalue weighted by molar-refractivity contribution is 7.13. The standard InChI is InChI=1S/C20H19N3O3S/c24-19(13-23-20(25)26-14-15-5-2-1-3-6-15)22-12-16-8-9-21-17(11-16)18-7-4-10-27-18/h1-11H,12-14H2,(H,22,24)(H,23,25). The highest BCUT2D eigenvalue weighted by Gasteiger charge is 2.07. The molecule has 0 aliphatic heterocycles. The average Bonchev–Trinajstić information content (AvgIpc) is 3.25. The number of nitrogens with zero attached hydrogens (tertiary/aromatic N) is 1. The van der Waals surface area contributed by atoms with E-state index in [1.165, 1.54) is 0 Å². The zero-order valence-corrected chi connectivity index (χ0v) is 15.4. The minimum atomic E-state index is -0.627. The number of hydrogen-bond donors (Lipinski definition) is 2. The van der Waals surface area contributed by atoms with Gasteiger partial charge < -0.3 is 15.4 Å². The second kappa shape index (κ2) is 9.49. The van der Waals surface area contributed by atoms with E-state index < -0.39 is 6.09 Å². The lowest BCUT2D eigenvalue weighted by atomic mass is 10.2. The van der Waals surface area contributed by atoms with Crippen molar-refractivity contribution in [3.05, 3.63) is 77.3 Å². The molecule has 0 aliphatic carbocycles. The third kappa shape index (κ3) is 5.93. The van der Waals surface area contributed by atoms with Crippen LogP contribution < -0.4 is 10.6 Å². The first-order valence-electron chi connectivity index (χ1n) is 8.41. The van der Waals surface area contributed by atoms with Gasteiger partial charge in [-0.25, -0.2) is 4.79 Å². The van der Waals surface area contributed by atoms with E-state index in [0.717, 1.165) is 21.7 Å². The molecule has 0 fully saturated rings. The monoisotopic (exact) mass is 381 g/mol. The predicted molar refractivity (Wildman–Crippen MR) is 104 cm³/mol. The Hall–Kier alpha value is -3.19. The van der Waals surface area contributed by atoms with Gasteiger partial charge in [-0.3, -0.25) is 9.78 Å². The topological polar surface area (TPSA) is 80.3 Å². The number of alkyl carbamates (subject to hydrolysis) is 1. The Morgan fingerprint density at radius 1 is 1.00 bits per heavy atom. The Kier molecular flexibility index (Phi) is 6.54. The fourth-order valence-corrected chi connectivity index (χ4v) is 3.03. The third-order valence-electron chi connectivity index (χ3n) is 3.69. The Bertz CT molecular complexity index is 883. The first kappa shape index (κ1) is 18.6. The van der Waals surface area contributed by atoms with Crippen molar-refractivity contribution in [2.75, 3.05) is 6.54 Å². The minimum absolute atomic E-state index is 0.142. The van der Waals surface area contributed by atoms with Crippen LogP contribution in [-0.2, 0) is 22.7 Å². The highest BCUT2D eigenvalue weighted by atomic mass is 32.1. The molecule has 0 radical (unpaired) electrons. The smallest absolute Gasteiger partial charge is 0.407 e. The fourth-order valence-electron chi connectivity index (χ4n) is 2.33. The number of amides is 2. The quantitative estimate of drug-likeness (QED) is 0.658. The zero-order chi connectivity index (χ0) is 18.9. The van der Waals surface area contributed by atoms with Crippen LogP contribution >= 0.6 is 11.3 Å². The number of nitrogens with one attached hydrogen (secondary N) is 2. The molecule has 3 rings (SSSR count). The van der Waals surface area contributed by atoms with Gasteiger partial charge in [-0.15, -0.1) is 11.3 Å². The lowest BCUT2D eigenvalue weighted by molar-refractivity contribution is -0.120. The lowest BCUT2D eigenvalue weighted by Crippen LogP contribution is -2.36. The van der Waals surface area contributed by atoms with E-state index in [1.807, 2.05) is 60.0 Å². The van der Waals surface area contributed by atoms with Crippen molar-refractivity contribution in [2.24, 2.45) is 0 Å². The Morgan fingerprint density at radius 2 is 1.85 bits per heavy atom. The van der Waals surface area contributed by atoms with E-state index in [1.54, 1.807) is 17.5 Å². The summed E-state index contributed by atoms with van der Waals surface area (Å²) in [4.78, 5) is 29.0. The summed E-state index contributed by atoms with van der Waals surface area (Å²) in [7, 11) is 0. The van der Waals surface area contributed by atoms with Gasteiger partial charge >= 0.3 is 6.09 Å². The van der Waals surface area contributed by atoms with E-state index in [4.69, 9.17) is 4.74 Å². The molecule has 0 saturated heterocycles. The fraction of sp³-hybridized carbons (Fsp3) is 0.150. The predicted octanol–water partition coefficient (Wildman–Crippen LogP) is 3.35. The van der Waals surface area contributed by atoms with E-state index in [-0.39, 0.29) is 19.1 Å².